The Balaban J connectivity index is 1.88. The fraction of sp³-hybridized carbons (Fsp3) is 0.500. The average molecular weight is 245 g/mol. The largest absolute Gasteiger partial charge is 0.393 e. The van der Waals surface area contributed by atoms with Gasteiger partial charge in [-0.15, -0.1) is 0 Å². The SMILES string of the molecule is CC(O)CC1CCCN1c1nc2ccccc2[nH]1. The second-order valence-corrected chi connectivity index (χ2v) is 5.15. The molecule has 4 heteroatoms. The second-order valence-electron chi connectivity index (χ2n) is 5.15. The van der Waals surface area contributed by atoms with Crippen LogP contribution < -0.4 is 4.90 Å². The molecule has 4 nitrogen and oxygen atoms in total. The molecule has 1 saturated heterocycles. The number of imidazole rings is 1. The Morgan fingerprint density at radius 3 is 3.11 bits per heavy atom. The van der Waals surface area contributed by atoms with Crippen molar-refractivity contribution < 1.29 is 5.11 Å². The van der Waals surface area contributed by atoms with Gasteiger partial charge in [0.1, 0.15) is 0 Å². The van der Waals surface area contributed by atoms with Gasteiger partial charge in [0.2, 0.25) is 5.95 Å². The van der Waals surface area contributed by atoms with Gasteiger partial charge in [0.05, 0.1) is 17.1 Å². The van der Waals surface area contributed by atoms with Crippen LogP contribution in [0.2, 0.25) is 0 Å². The zero-order valence-corrected chi connectivity index (χ0v) is 10.6. The van der Waals surface area contributed by atoms with Crippen molar-refractivity contribution in [3.05, 3.63) is 24.3 Å². The second kappa shape index (κ2) is 4.61. The Hall–Kier alpha value is -1.55. The number of aliphatic hydroxyl groups is 1. The molecule has 0 bridgehead atoms. The zero-order valence-electron chi connectivity index (χ0n) is 10.6. The highest BCUT2D eigenvalue weighted by molar-refractivity contribution is 5.77. The smallest absolute Gasteiger partial charge is 0.204 e. The number of aromatic amines is 1. The first-order valence-electron chi connectivity index (χ1n) is 6.63. The number of hydrogen-bond donors (Lipinski definition) is 2. The summed E-state index contributed by atoms with van der Waals surface area (Å²) < 4.78 is 0. The maximum Gasteiger partial charge on any atom is 0.204 e. The number of fused-ring (bicyclic) bond motifs is 1. The molecule has 96 valence electrons. The van der Waals surface area contributed by atoms with E-state index in [1.165, 1.54) is 6.42 Å². The number of nitrogens with one attached hydrogen (secondary N) is 1. The van der Waals surface area contributed by atoms with E-state index >= 15 is 0 Å². The Morgan fingerprint density at radius 1 is 1.50 bits per heavy atom. The summed E-state index contributed by atoms with van der Waals surface area (Å²) >= 11 is 0. The Morgan fingerprint density at radius 2 is 2.33 bits per heavy atom. The van der Waals surface area contributed by atoms with Crippen LogP contribution in [0.1, 0.15) is 26.2 Å². The van der Waals surface area contributed by atoms with Gasteiger partial charge in [-0.2, -0.15) is 0 Å². The van der Waals surface area contributed by atoms with Gasteiger partial charge in [0.15, 0.2) is 0 Å². The van der Waals surface area contributed by atoms with E-state index in [1.807, 2.05) is 31.2 Å². The topological polar surface area (TPSA) is 52.1 Å². The summed E-state index contributed by atoms with van der Waals surface area (Å²) in [6, 6.07) is 8.50. The molecule has 1 aliphatic heterocycles. The fourth-order valence-electron chi connectivity index (χ4n) is 2.83. The molecule has 1 aromatic heterocycles. The van der Waals surface area contributed by atoms with Crippen molar-refractivity contribution in [2.75, 3.05) is 11.4 Å². The van der Waals surface area contributed by atoms with E-state index in [1.54, 1.807) is 0 Å². The quantitative estimate of drug-likeness (QED) is 0.872. The first-order valence-corrected chi connectivity index (χ1v) is 6.63. The molecule has 1 aliphatic rings. The van der Waals surface area contributed by atoms with Crippen LogP contribution in [0.15, 0.2) is 24.3 Å². The third-order valence-corrected chi connectivity index (χ3v) is 3.64. The van der Waals surface area contributed by atoms with Crippen LogP contribution in [-0.4, -0.2) is 33.8 Å². The van der Waals surface area contributed by atoms with Gasteiger partial charge in [0, 0.05) is 12.6 Å². The van der Waals surface area contributed by atoms with Crippen LogP contribution in [0, 0.1) is 0 Å². The molecule has 1 fully saturated rings. The van der Waals surface area contributed by atoms with E-state index in [-0.39, 0.29) is 6.10 Å². The third-order valence-electron chi connectivity index (χ3n) is 3.64. The maximum absolute atomic E-state index is 9.56. The Bertz CT molecular complexity index is 502. The molecular weight excluding hydrogens is 226 g/mol. The number of nitrogens with zero attached hydrogens (tertiary/aromatic N) is 2. The summed E-state index contributed by atoms with van der Waals surface area (Å²) in [5, 5.41) is 9.56. The lowest BCUT2D eigenvalue weighted by atomic mass is 10.1. The molecule has 3 rings (SSSR count). The standard InChI is InChI=1S/C14H19N3O/c1-10(18)9-11-5-4-8-17(11)14-15-12-6-2-3-7-13(12)16-14/h2-3,6-7,10-11,18H,4-5,8-9H2,1H3,(H,15,16). The molecule has 0 amide bonds. The Kier molecular flexibility index (Phi) is 2.96. The van der Waals surface area contributed by atoms with E-state index in [4.69, 9.17) is 0 Å². The predicted octanol–water partition coefficient (Wildman–Crippen LogP) is 2.30. The number of anilines is 1. The van der Waals surface area contributed by atoms with Crippen molar-refractivity contribution in [1.82, 2.24) is 9.97 Å². The normalized spacial score (nSPS) is 21.7. The van der Waals surface area contributed by atoms with E-state index in [0.717, 1.165) is 36.4 Å². The molecule has 2 N–H and O–H groups in total. The molecule has 0 saturated carbocycles. The van der Waals surface area contributed by atoms with E-state index in [0.29, 0.717) is 6.04 Å². The summed E-state index contributed by atoms with van der Waals surface area (Å²) in [4.78, 5) is 10.3. The average Bonchev–Trinajstić information content (AvgIpc) is 2.93. The van der Waals surface area contributed by atoms with Crippen molar-refractivity contribution in [1.29, 1.82) is 0 Å². The van der Waals surface area contributed by atoms with Crippen molar-refractivity contribution in [3.63, 3.8) is 0 Å². The van der Waals surface area contributed by atoms with Crippen molar-refractivity contribution in [2.24, 2.45) is 0 Å². The van der Waals surface area contributed by atoms with Gasteiger partial charge in [-0.3, -0.25) is 0 Å². The van der Waals surface area contributed by atoms with Gasteiger partial charge in [0.25, 0.3) is 0 Å². The number of aromatic nitrogens is 2. The van der Waals surface area contributed by atoms with Crippen LogP contribution in [0.4, 0.5) is 5.95 Å². The van der Waals surface area contributed by atoms with Gasteiger partial charge < -0.3 is 15.0 Å². The third kappa shape index (κ3) is 2.08. The zero-order chi connectivity index (χ0) is 12.5. The van der Waals surface area contributed by atoms with E-state index < -0.39 is 0 Å². The molecule has 2 atom stereocenters. The minimum atomic E-state index is -0.250. The molecule has 0 spiro atoms. The van der Waals surface area contributed by atoms with E-state index in [2.05, 4.69) is 14.9 Å². The van der Waals surface area contributed by atoms with Crippen LogP contribution >= 0.6 is 0 Å². The molecule has 2 unspecified atom stereocenters. The lowest BCUT2D eigenvalue weighted by molar-refractivity contribution is 0.175. The molecule has 1 aromatic carbocycles. The predicted molar refractivity (Wildman–Crippen MR) is 72.8 cm³/mol. The fourth-order valence-corrected chi connectivity index (χ4v) is 2.83. The van der Waals surface area contributed by atoms with Crippen molar-refractivity contribution >= 4 is 17.0 Å². The molecule has 2 aromatic rings. The first kappa shape index (κ1) is 11.5. The highest BCUT2D eigenvalue weighted by Crippen LogP contribution is 2.27. The van der Waals surface area contributed by atoms with Crippen LogP contribution in [-0.2, 0) is 0 Å². The summed E-state index contributed by atoms with van der Waals surface area (Å²) in [5.74, 6) is 0.944. The summed E-state index contributed by atoms with van der Waals surface area (Å²) in [7, 11) is 0. The number of hydrogen-bond acceptors (Lipinski definition) is 3. The van der Waals surface area contributed by atoms with Gasteiger partial charge in [-0.1, -0.05) is 12.1 Å². The van der Waals surface area contributed by atoms with Gasteiger partial charge in [-0.05, 0) is 38.3 Å². The number of H-pyrrole nitrogens is 1. The number of rotatable bonds is 3. The maximum atomic E-state index is 9.56. The molecular formula is C14H19N3O. The van der Waals surface area contributed by atoms with Crippen molar-refractivity contribution in [3.8, 4) is 0 Å². The summed E-state index contributed by atoms with van der Waals surface area (Å²) in [6.07, 6.45) is 2.88. The first-order chi connectivity index (χ1) is 8.74. The minimum absolute atomic E-state index is 0.250. The number of aliphatic hydroxyl groups excluding tert-OH is 1. The van der Waals surface area contributed by atoms with Gasteiger partial charge in [-0.25, -0.2) is 4.98 Å². The minimum Gasteiger partial charge on any atom is -0.393 e. The van der Waals surface area contributed by atoms with E-state index in [9.17, 15) is 5.11 Å². The molecule has 2 heterocycles. The molecule has 0 radical (unpaired) electrons. The highest BCUT2D eigenvalue weighted by Gasteiger charge is 2.27. The molecule has 0 aliphatic carbocycles. The van der Waals surface area contributed by atoms with Crippen LogP contribution in [0.25, 0.3) is 11.0 Å². The summed E-state index contributed by atoms with van der Waals surface area (Å²) in [5.41, 5.74) is 2.09. The van der Waals surface area contributed by atoms with Crippen LogP contribution in [0.3, 0.4) is 0 Å². The monoisotopic (exact) mass is 245 g/mol. The number of benzene rings is 1. The van der Waals surface area contributed by atoms with Gasteiger partial charge >= 0.3 is 0 Å². The Labute approximate surface area is 107 Å². The highest BCUT2D eigenvalue weighted by atomic mass is 16.3. The molecule has 18 heavy (non-hydrogen) atoms. The van der Waals surface area contributed by atoms with Crippen LogP contribution in [0.5, 0.6) is 0 Å². The van der Waals surface area contributed by atoms with Crippen molar-refractivity contribution in [2.45, 2.75) is 38.3 Å². The lowest BCUT2D eigenvalue weighted by Crippen LogP contribution is -2.32. The number of para-hydroxylation sites is 2. The lowest BCUT2D eigenvalue weighted by Gasteiger charge is -2.24. The summed E-state index contributed by atoms with van der Waals surface area (Å²) in [6.45, 7) is 2.88.